The number of alkyl halides is 2. The predicted molar refractivity (Wildman–Crippen MR) is 207 cm³/mol. The average molecular weight is 769 g/mol. The smallest absolute Gasteiger partial charge is 0.306 e. The molecule has 0 aliphatic heterocycles. The Morgan fingerprint density at radius 1 is 0.489 bits per heavy atom. The lowest BCUT2D eigenvalue weighted by Gasteiger charge is -2.01. The first-order valence-electron chi connectivity index (χ1n) is 18.3. The van der Waals surface area contributed by atoms with Crippen molar-refractivity contribution in [3.63, 3.8) is 0 Å². The number of carbonyl (C=O) groups is 2. The van der Waals surface area contributed by atoms with Gasteiger partial charge in [0.25, 0.3) is 0 Å². The normalized spacial score (nSPS) is 10.9. The summed E-state index contributed by atoms with van der Waals surface area (Å²) in [7, 11) is 0. The van der Waals surface area contributed by atoms with E-state index in [1.165, 1.54) is 141 Å². The van der Waals surface area contributed by atoms with Crippen molar-refractivity contribution in [2.75, 3.05) is 10.7 Å². The van der Waals surface area contributed by atoms with Gasteiger partial charge in [0.1, 0.15) is 4.61 Å². The van der Waals surface area contributed by atoms with Gasteiger partial charge < -0.3 is 9.47 Å². The predicted octanol–water partition coefficient (Wildman–Crippen LogP) is 14.4. The standard InChI is InChI=1S/C19H35ClO2.C19H35IO2.CH4/c2*1-2-3-4-5-6-7-8-9-10-11-12-13-14-15-16-17-19(21)22-18-20;/h2*9-10H,2-8,11-18H2,1H3;1H4/b2*10-9+;. The highest BCUT2D eigenvalue weighted by Gasteiger charge is 2.01. The molecule has 0 amide bonds. The number of hydrogen-bond acceptors (Lipinski definition) is 4. The molecule has 0 aromatic rings. The minimum absolute atomic E-state index is 0. The van der Waals surface area contributed by atoms with Crippen LogP contribution in [0.2, 0.25) is 0 Å². The fourth-order valence-corrected chi connectivity index (χ4v) is 5.42. The molecule has 0 aromatic heterocycles. The van der Waals surface area contributed by atoms with Crippen LogP contribution in [0.4, 0.5) is 0 Å². The largest absolute Gasteiger partial charge is 0.455 e. The molecule has 6 heteroatoms. The summed E-state index contributed by atoms with van der Waals surface area (Å²) in [6.07, 6.45) is 43.7. The monoisotopic (exact) mass is 768 g/mol. The Bertz CT molecular complexity index is 585. The van der Waals surface area contributed by atoms with Crippen LogP contribution in [-0.2, 0) is 19.1 Å². The molecule has 45 heavy (non-hydrogen) atoms. The van der Waals surface area contributed by atoms with Crippen LogP contribution in [0.3, 0.4) is 0 Å². The van der Waals surface area contributed by atoms with Crippen LogP contribution in [0.1, 0.15) is 201 Å². The van der Waals surface area contributed by atoms with Crippen molar-refractivity contribution in [1.29, 1.82) is 0 Å². The van der Waals surface area contributed by atoms with Crippen molar-refractivity contribution in [3.8, 4) is 0 Å². The third kappa shape index (κ3) is 48.0. The first-order chi connectivity index (χ1) is 21.6. The van der Waals surface area contributed by atoms with Crippen LogP contribution >= 0.6 is 34.2 Å². The first kappa shape index (κ1) is 48.8. The Kier molecular flexibility index (Phi) is 49.4. The summed E-state index contributed by atoms with van der Waals surface area (Å²) < 4.78 is 10.1. The lowest BCUT2D eigenvalue weighted by Crippen LogP contribution is -2.01. The summed E-state index contributed by atoms with van der Waals surface area (Å²) in [5.41, 5.74) is 0. The molecule has 0 unspecified atom stereocenters. The van der Waals surface area contributed by atoms with Gasteiger partial charge >= 0.3 is 11.9 Å². The van der Waals surface area contributed by atoms with Crippen LogP contribution < -0.4 is 0 Å². The van der Waals surface area contributed by atoms with Gasteiger partial charge in [-0.1, -0.05) is 160 Å². The molecule has 268 valence electrons. The van der Waals surface area contributed by atoms with E-state index in [2.05, 4.69) is 65.5 Å². The van der Waals surface area contributed by atoms with Crippen molar-refractivity contribution >= 4 is 46.1 Å². The van der Waals surface area contributed by atoms with Gasteiger partial charge in [0, 0.05) is 12.8 Å². The Morgan fingerprint density at radius 3 is 1.09 bits per heavy atom. The number of ether oxygens (including phenoxy) is 2. The zero-order valence-electron chi connectivity index (χ0n) is 28.9. The second-order valence-electron chi connectivity index (χ2n) is 11.9. The Labute approximate surface area is 299 Å². The van der Waals surface area contributed by atoms with Gasteiger partial charge in [0.15, 0.2) is 6.07 Å². The fourth-order valence-electron chi connectivity index (χ4n) is 4.95. The number of hydrogen-bond donors (Lipinski definition) is 0. The molecule has 0 saturated heterocycles. The minimum atomic E-state index is -0.173. The van der Waals surface area contributed by atoms with E-state index in [9.17, 15) is 9.59 Å². The van der Waals surface area contributed by atoms with Crippen LogP contribution in [-0.4, -0.2) is 22.6 Å². The van der Waals surface area contributed by atoms with Gasteiger partial charge in [-0.3, -0.25) is 9.59 Å². The van der Waals surface area contributed by atoms with Crippen molar-refractivity contribution < 1.29 is 19.1 Å². The maximum Gasteiger partial charge on any atom is 0.306 e. The molecular weight excluding hydrogens is 695 g/mol. The van der Waals surface area contributed by atoms with E-state index >= 15 is 0 Å². The number of unbranched alkanes of at least 4 members (excludes halogenated alkanes) is 22. The summed E-state index contributed by atoms with van der Waals surface area (Å²) in [5, 5.41) is 0. The second-order valence-corrected chi connectivity index (χ2v) is 12.8. The van der Waals surface area contributed by atoms with Crippen LogP contribution in [0.5, 0.6) is 0 Å². The molecule has 0 aliphatic rings. The van der Waals surface area contributed by atoms with Gasteiger partial charge in [0.05, 0.1) is 0 Å². The molecule has 0 saturated carbocycles. The minimum Gasteiger partial charge on any atom is -0.455 e. The average Bonchev–Trinajstić information content (AvgIpc) is 3.01. The number of esters is 2. The van der Waals surface area contributed by atoms with Crippen molar-refractivity contribution in [2.45, 2.75) is 201 Å². The van der Waals surface area contributed by atoms with E-state index in [0.717, 1.165) is 25.7 Å². The molecule has 0 fully saturated rings. The first-order valence-corrected chi connectivity index (χ1v) is 20.4. The zero-order valence-corrected chi connectivity index (χ0v) is 31.8. The fraction of sp³-hybridized carbons (Fsp3) is 0.846. The zero-order chi connectivity index (χ0) is 32.6. The highest BCUT2D eigenvalue weighted by molar-refractivity contribution is 14.1. The Balaban J connectivity index is -0.000000767. The van der Waals surface area contributed by atoms with E-state index in [1.807, 2.05) is 0 Å². The summed E-state index contributed by atoms with van der Waals surface area (Å²) in [4.78, 5) is 22.2. The summed E-state index contributed by atoms with van der Waals surface area (Å²) in [5.74, 6) is -0.223. The van der Waals surface area contributed by atoms with Crippen LogP contribution in [0.25, 0.3) is 0 Å². The Hall–Kier alpha value is -0.560. The van der Waals surface area contributed by atoms with E-state index in [0.29, 0.717) is 17.5 Å². The molecule has 0 N–H and O–H groups in total. The number of rotatable bonds is 32. The lowest BCUT2D eigenvalue weighted by atomic mass is 10.1. The highest BCUT2D eigenvalue weighted by atomic mass is 127. The molecule has 4 nitrogen and oxygen atoms in total. The summed E-state index contributed by atoms with van der Waals surface area (Å²) in [6, 6.07) is -0.0239. The van der Waals surface area contributed by atoms with Crippen molar-refractivity contribution in [1.82, 2.24) is 0 Å². The third-order valence-corrected chi connectivity index (χ3v) is 8.14. The number of carbonyl (C=O) groups excluding carboxylic acids is 2. The third-order valence-electron chi connectivity index (χ3n) is 7.72. The van der Waals surface area contributed by atoms with Crippen molar-refractivity contribution in [3.05, 3.63) is 24.3 Å². The molecule has 0 rings (SSSR count). The van der Waals surface area contributed by atoms with E-state index in [-0.39, 0.29) is 25.4 Å². The van der Waals surface area contributed by atoms with Crippen LogP contribution in [0, 0.1) is 0 Å². The van der Waals surface area contributed by atoms with Gasteiger partial charge in [-0.15, -0.1) is 0 Å². The topological polar surface area (TPSA) is 52.6 Å². The summed E-state index contributed by atoms with van der Waals surface area (Å²) >= 11 is 7.37. The number of allylic oxidation sites excluding steroid dienone is 4. The molecular formula is C39H74ClIO4. The van der Waals surface area contributed by atoms with E-state index < -0.39 is 0 Å². The summed E-state index contributed by atoms with van der Waals surface area (Å²) in [6.45, 7) is 4.53. The maximum atomic E-state index is 11.1. The van der Waals surface area contributed by atoms with E-state index in [1.54, 1.807) is 0 Å². The van der Waals surface area contributed by atoms with Crippen LogP contribution in [0.15, 0.2) is 24.3 Å². The molecule has 0 spiro atoms. The molecule has 0 aliphatic carbocycles. The molecule has 0 radical (unpaired) electrons. The second kappa shape index (κ2) is 45.6. The SMILES string of the molecule is C.CCCCCCCC/C=C/CCCCCCCC(=O)OCCl.CCCCCCCC/C=C/CCCCCCCC(=O)OCI. The van der Waals surface area contributed by atoms with E-state index in [4.69, 9.17) is 16.3 Å². The van der Waals surface area contributed by atoms with Gasteiger partial charge in [-0.2, -0.15) is 0 Å². The molecule has 0 bridgehead atoms. The molecule has 0 heterocycles. The lowest BCUT2D eigenvalue weighted by molar-refractivity contribution is -0.142. The van der Waals surface area contributed by atoms with Gasteiger partial charge in [0.2, 0.25) is 0 Å². The van der Waals surface area contributed by atoms with Gasteiger partial charge in [-0.05, 0) is 86.8 Å². The maximum absolute atomic E-state index is 11.1. The molecule has 0 aromatic carbocycles. The van der Waals surface area contributed by atoms with Gasteiger partial charge in [-0.25, -0.2) is 0 Å². The molecule has 0 atom stereocenters. The quantitative estimate of drug-likeness (QED) is 0.0225. The number of halogens is 2. The van der Waals surface area contributed by atoms with Crippen molar-refractivity contribution in [2.24, 2.45) is 0 Å². The highest BCUT2D eigenvalue weighted by Crippen LogP contribution is 2.12. The Morgan fingerprint density at radius 2 is 0.778 bits per heavy atom.